The fourth-order valence-electron chi connectivity index (χ4n) is 6.75. The Balaban J connectivity index is 1.31. The molecule has 0 bridgehead atoms. The number of nitrogens with zero attached hydrogens (tertiary/aromatic N) is 2. The number of aliphatic hydroxyl groups excluding tert-OH is 1. The van der Waals surface area contributed by atoms with Gasteiger partial charge in [0, 0.05) is 28.8 Å². The van der Waals surface area contributed by atoms with E-state index in [4.69, 9.17) is 4.98 Å². The van der Waals surface area contributed by atoms with Crippen LogP contribution in [0.4, 0.5) is 0 Å². The van der Waals surface area contributed by atoms with Crippen molar-refractivity contribution < 1.29 is 9.90 Å². The van der Waals surface area contributed by atoms with Crippen LogP contribution in [0.25, 0.3) is 16.6 Å². The molecular formula is C36H39N3O2. The van der Waals surface area contributed by atoms with E-state index in [1.807, 2.05) is 30.3 Å². The van der Waals surface area contributed by atoms with Crippen molar-refractivity contribution in [1.29, 1.82) is 0 Å². The molecular weight excluding hydrogens is 506 g/mol. The number of carbonyl (C=O) groups excluding carboxylic acids is 1. The normalized spacial score (nSPS) is 15.4. The van der Waals surface area contributed by atoms with E-state index in [9.17, 15) is 9.90 Å². The first-order valence-corrected chi connectivity index (χ1v) is 15.0. The Morgan fingerprint density at radius 2 is 1.68 bits per heavy atom. The highest BCUT2D eigenvalue weighted by Crippen LogP contribution is 2.38. The van der Waals surface area contributed by atoms with Gasteiger partial charge in [0.25, 0.3) is 0 Å². The standard InChI is InChI=1S/C36H39N3O2/c1-3-29-21-24(2)39-33-16-10-9-15-30(33)31(35(39)37-29)22-25-17-19-28(20-18-25)34(27-13-7-8-14-27)36(41)38-32(23-40)26-11-5-4-6-12-26/h4-6,9-12,15-21,27,32,34,40H,3,7-8,13-14,22-23H2,1-2H3,(H,38,41)/t32-,34-/m0/s1. The Morgan fingerprint density at radius 1 is 0.976 bits per heavy atom. The van der Waals surface area contributed by atoms with Crippen LogP contribution in [-0.2, 0) is 17.6 Å². The second-order valence-corrected chi connectivity index (χ2v) is 11.5. The van der Waals surface area contributed by atoms with Gasteiger partial charge in [-0.25, -0.2) is 4.98 Å². The lowest BCUT2D eigenvalue weighted by atomic mass is 9.83. The summed E-state index contributed by atoms with van der Waals surface area (Å²) < 4.78 is 2.28. The molecule has 5 aromatic rings. The van der Waals surface area contributed by atoms with Gasteiger partial charge < -0.3 is 10.4 Å². The average molecular weight is 546 g/mol. The lowest BCUT2D eigenvalue weighted by molar-refractivity contribution is -0.124. The summed E-state index contributed by atoms with van der Waals surface area (Å²) in [5.41, 5.74) is 8.95. The zero-order chi connectivity index (χ0) is 28.3. The van der Waals surface area contributed by atoms with Crippen molar-refractivity contribution in [3.05, 3.63) is 119 Å². The predicted octanol–water partition coefficient (Wildman–Crippen LogP) is 7.07. The first kappa shape index (κ1) is 27.2. The highest BCUT2D eigenvalue weighted by molar-refractivity contribution is 5.91. The number of carbonyl (C=O) groups is 1. The largest absolute Gasteiger partial charge is 0.394 e. The predicted molar refractivity (Wildman–Crippen MR) is 165 cm³/mol. The molecule has 2 aromatic heterocycles. The molecule has 6 rings (SSSR count). The summed E-state index contributed by atoms with van der Waals surface area (Å²) in [5, 5.41) is 14.5. The van der Waals surface area contributed by atoms with Gasteiger partial charge in [0.05, 0.1) is 24.1 Å². The van der Waals surface area contributed by atoms with E-state index in [1.54, 1.807) is 0 Å². The zero-order valence-electron chi connectivity index (χ0n) is 24.0. The first-order chi connectivity index (χ1) is 20.1. The zero-order valence-corrected chi connectivity index (χ0v) is 24.0. The fraction of sp³-hybridized carbons (Fsp3) is 0.333. The molecule has 2 N–H and O–H groups in total. The van der Waals surface area contributed by atoms with Crippen molar-refractivity contribution in [2.45, 2.75) is 64.3 Å². The van der Waals surface area contributed by atoms with E-state index in [2.05, 4.69) is 78.2 Å². The number of aliphatic hydroxyl groups is 1. The van der Waals surface area contributed by atoms with Crippen molar-refractivity contribution in [3.63, 3.8) is 0 Å². The fourth-order valence-corrected chi connectivity index (χ4v) is 6.75. The van der Waals surface area contributed by atoms with Crippen LogP contribution in [0.3, 0.4) is 0 Å². The Kier molecular flexibility index (Phi) is 7.89. The smallest absolute Gasteiger partial charge is 0.228 e. The summed E-state index contributed by atoms with van der Waals surface area (Å²) in [6, 6.07) is 28.7. The number of nitrogens with one attached hydrogen (secondary N) is 1. The SMILES string of the molecule is CCc1cc(C)n2c(n1)c(Cc1ccc([C@@H](C(=O)N[C@@H](CO)c3ccccc3)C3CCCC3)cc1)c1ccccc12. The molecule has 2 heterocycles. The molecule has 1 amide bonds. The summed E-state index contributed by atoms with van der Waals surface area (Å²) in [7, 11) is 0. The second kappa shape index (κ2) is 11.9. The van der Waals surface area contributed by atoms with Gasteiger partial charge in [-0.1, -0.05) is 92.6 Å². The molecule has 5 heteroatoms. The Hall–Kier alpha value is -3.96. The topological polar surface area (TPSA) is 66.6 Å². The molecule has 0 unspecified atom stereocenters. The van der Waals surface area contributed by atoms with Crippen LogP contribution < -0.4 is 5.32 Å². The van der Waals surface area contributed by atoms with Gasteiger partial charge in [-0.2, -0.15) is 0 Å². The Labute approximate surface area is 242 Å². The van der Waals surface area contributed by atoms with Crippen molar-refractivity contribution in [2.24, 2.45) is 5.92 Å². The molecule has 0 saturated heterocycles. The minimum atomic E-state index is -0.410. The van der Waals surface area contributed by atoms with Crippen molar-refractivity contribution >= 4 is 22.5 Å². The van der Waals surface area contributed by atoms with Crippen LogP contribution in [0.15, 0.2) is 84.9 Å². The molecule has 0 spiro atoms. The molecule has 0 aliphatic heterocycles. The van der Waals surface area contributed by atoms with Gasteiger partial charge in [-0.05, 0) is 60.9 Å². The summed E-state index contributed by atoms with van der Waals surface area (Å²) in [4.78, 5) is 18.8. The molecule has 1 saturated carbocycles. The monoisotopic (exact) mass is 545 g/mol. The summed E-state index contributed by atoms with van der Waals surface area (Å²) in [5.74, 6) is 0.0931. The average Bonchev–Trinajstić information content (AvgIpc) is 3.64. The third-order valence-corrected chi connectivity index (χ3v) is 8.87. The summed E-state index contributed by atoms with van der Waals surface area (Å²) in [6.07, 6.45) is 6.12. The van der Waals surface area contributed by atoms with Crippen LogP contribution >= 0.6 is 0 Å². The number of amides is 1. The molecule has 1 fully saturated rings. The van der Waals surface area contributed by atoms with Gasteiger partial charge >= 0.3 is 0 Å². The van der Waals surface area contributed by atoms with Gasteiger partial charge in [0.1, 0.15) is 5.65 Å². The lowest BCUT2D eigenvalue weighted by Gasteiger charge is -2.26. The minimum Gasteiger partial charge on any atom is -0.394 e. The Morgan fingerprint density at radius 3 is 2.39 bits per heavy atom. The van der Waals surface area contributed by atoms with Crippen molar-refractivity contribution in [1.82, 2.24) is 14.7 Å². The number of aromatic nitrogens is 2. The highest BCUT2D eigenvalue weighted by atomic mass is 16.3. The summed E-state index contributed by atoms with van der Waals surface area (Å²) in [6.45, 7) is 4.18. The molecule has 2 atom stereocenters. The van der Waals surface area contributed by atoms with E-state index >= 15 is 0 Å². The van der Waals surface area contributed by atoms with E-state index in [0.29, 0.717) is 5.92 Å². The number of para-hydroxylation sites is 1. The second-order valence-electron chi connectivity index (χ2n) is 11.5. The molecule has 0 radical (unpaired) electrons. The van der Waals surface area contributed by atoms with Crippen LogP contribution in [0, 0.1) is 12.8 Å². The van der Waals surface area contributed by atoms with E-state index in [0.717, 1.165) is 61.0 Å². The maximum Gasteiger partial charge on any atom is 0.228 e. The first-order valence-electron chi connectivity index (χ1n) is 15.0. The van der Waals surface area contributed by atoms with Crippen LogP contribution in [0.2, 0.25) is 0 Å². The number of fused-ring (bicyclic) bond motifs is 3. The molecule has 1 aliphatic rings. The van der Waals surface area contributed by atoms with Gasteiger partial charge in [0.15, 0.2) is 0 Å². The van der Waals surface area contributed by atoms with Crippen LogP contribution in [0.5, 0.6) is 0 Å². The van der Waals surface area contributed by atoms with Gasteiger partial charge in [-0.3, -0.25) is 9.20 Å². The molecule has 41 heavy (non-hydrogen) atoms. The number of rotatable bonds is 9. The molecule has 210 valence electrons. The summed E-state index contributed by atoms with van der Waals surface area (Å²) >= 11 is 0. The van der Waals surface area contributed by atoms with Crippen LogP contribution in [0.1, 0.15) is 78.2 Å². The number of hydrogen-bond donors (Lipinski definition) is 2. The lowest BCUT2D eigenvalue weighted by Crippen LogP contribution is -2.37. The van der Waals surface area contributed by atoms with E-state index < -0.39 is 6.04 Å². The quantitative estimate of drug-likeness (QED) is 0.208. The third kappa shape index (κ3) is 5.39. The van der Waals surface area contributed by atoms with Crippen molar-refractivity contribution in [2.75, 3.05) is 6.61 Å². The number of hydrogen-bond acceptors (Lipinski definition) is 3. The Bertz CT molecular complexity index is 1650. The third-order valence-electron chi connectivity index (χ3n) is 8.87. The van der Waals surface area contributed by atoms with Crippen LogP contribution in [-0.4, -0.2) is 27.0 Å². The number of aryl methyl sites for hydroxylation is 2. The molecule has 1 aliphatic carbocycles. The molecule has 3 aromatic carbocycles. The van der Waals surface area contributed by atoms with E-state index in [-0.39, 0.29) is 18.4 Å². The number of benzene rings is 3. The molecule has 5 nitrogen and oxygen atoms in total. The van der Waals surface area contributed by atoms with Crippen molar-refractivity contribution in [3.8, 4) is 0 Å². The van der Waals surface area contributed by atoms with Gasteiger partial charge in [0.2, 0.25) is 5.91 Å². The van der Waals surface area contributed by atoms with Gasteiger partial charge in [-0.15, -0.1) is 0 Å². The maximum atomic E-state index is 13.8. The maximum absolute atomic E-state index is 13.8. The van der Waals surface area contributed by atoms with E-state index in [1.165, 1.54) is 27.7 Å². The highest BCUT2D eigenvalue weighted by Gasteiger charge is 2.33. The minimum absolute atomic E-state index is 0.00347.